The number of carboxylic acids is 1. The number of rotatable bonds is 3. The van der Waals surface area contributed by atoms with Crippen molar-refractivity contribution in [2.45, 2.75) is 12.5 Å². The predicted molar refractivity (Wildman–Crippen MR) is 61.1 cm³/mol. The highest BCUT2D eigenvalue weighted by Gasteiger charge is 2.13. The van der Waals surface area contributed by atoms with Crippen LogP contribution in [0.2, 0.25) is 0 Å². The van der Waals surface area contributed by atoms with Gasteiger partial charge in [-0.25, -0.2) is 0 Å². The third kappa shape index (κ3) is 2.01. The number of fused-ring (bicyclic) bond motifs is 1. The van der Waals surface area contributed by atoms with E-state index in [1.807, 2.05) is 24.3 Å². The van der Waals surface area contributed by atoms with Crippen molar-refractivity contribution in [2.75, 3.05) is 0 Å². The van der Waals surface area contributed by atoms with Gasteiger partial charge in [-0.15, -0.1) is 0 Å². The summed E-state index contributed by atoms with van der Waals surface area (Å²) in [5.41, 5.74) is 6.44. The lowest BCUT2D eigenvalue weighted by molar-refractivity contribution is -0.138. The van der Waals surface area contributed by atoms with Crippen LogP contribution in [0.1, 0.15) is 5.56 Å². The van der Waals surface area contributed by atoms with Gasteiger partial charge in [-0.1, -0.05) is 18.2 Å². The zero-order valence-corrected chi connectivity index (χ0v) is 8.63. The Labute approximate surface area is 92.7 Å². The molecule has 82 valence electrons. The molecule has 3 N–H and O–H groups in total. The number of nitrogens with two attached hydrogens (primary N) is 1. The monoisotopic (exact) mass is 216 g/mol. The van der Waals surface area contributed by atoms with Crippen LogP contribution < -0.4 is 5.73 Å². The largest absolute Gasteiger partial charge is 0.480 e. The third-order valence-electron chi connectivity index (χ3n) is 2.53. The first kappa shape index (κ1) is 10.6. The molecule has 1 heterocycles. The van der Waals surface area contributed by atoms with E-state index in [0.717, 1.165) is 16.3 Å². The predicted octanol–water partition coefficient (Wildman–Crippen LogP) is 1.19. The normalized spacial score (nSPS) is 12.6. The van der Waals surface area contributed by atoms with E-state index in [-0.39, 0.29) is 0 Å². The molecule has 1 aromatic carbocycles. The fourth-order valence-electron chi connectivity index (χ4n) is 1.68. The lowest BCUT2D eigenvalue weighted by Gasteiger charge is -2.08. The number of aromatic nitrogens is 1. The van der Waals surface area contributed by atoms with E-state index in [9.17, 15) is 4.79 Å². The smallest absolute Gasteiger partial charge is 0.320 e. The molecule has 0 aliphatic heterocycles. The summed E-state index contributed by atoms with van der Waals surface area (Å²) >= 11 is 0. The molecular formula is C12H12N2O2. The van der Waals surface area contributed by atoms with Gasteiger partial charge in [-0.2, -0.15) is 0 Å². The highest BCUT2D eigenvalue weighted by atomic mass is 16.4. The minimum absolute atomic E-state index is 0.318. The SMILES string of the molecule is N[C@@H](Cc1cccc2ccncc12)C(=O)O. The summed E-state index contributed by atoms with van der Waals surface area (Å²) < 4.78 is 0. The van der Waals surface area contributed by atoms with Crippen molar-refractivity contribution in [1.82, 2.24) is 4.98 Å². The van der Waals surface area contributed by atoms with Gasteiger partial charge >= 0.3 is 5.97 Å². The Kier molecular flexibility index (Phi) is 2.83. The zero-order chi connectivity index (χ0) is 11.5. The molecule has 0 unspecified atom stereocenters. The van der Waals surface area contributed by atoms with Crippen molar-refractivity contribution in [2.24, 2.45) is 5.73 Å². The van der Waals surface area contributed by atoms with Gasteiger partial charge in [0.05, 0.1) is 0 Å². The van der Waals surface area contributed by atoms with Crippen LogP contribution in [0.5, 0.6) is 0 Å². The Morgan fingerprint density at radius 3 is 3.00 bits per heavy atom. The Balaban J connectivity index is 2.41. The van der Waals surface area contributed by atoms with Crippen LogP contribution in [0, 0.1) is 0 Å². The van der Waals surface area contributed by atoms with Gasteiger partial charge in [0.15, 0.2) is 0 Å². The van der Waals surface area contributed by atoms with Crippen molar-refractivity contribution >= 4 is 16.7 Å². The standard InChI is InChI=1S/C12H12N2O2/c13-11(12(15)16)6-9-3-1-2-8-4-5-14-7-10(8)9/h1-5,7,11H,6,13H2,(H,15,16)/t11-/m0/s1. The molecule has 2 rings (SSSR count). The van der Waals surface area contributed by atoms with E-state index in [4.69, 9.17) is 10.8 Å². The molecule has 0 amide bonds. The summed E-state index contributed by atoms with van der Waals surface area (Å²) in [6, 6.07) is 6.77. The molecule has 1 atom stereocenters. The number of carbonyl (C=O) groups is 1. The first-order valence-corrected chi connectivity index (χ1v) is 4.98. The van der Waals surface area contributed by atoms with E-state index in [1.165, 1.54) is 0 Å². The molecule has 2 aromatic rings. The summed E-state index contributed by atoms with van der Waals surface area (Å²) in [5, 5.41) is 10.8. The molecule has 4 heteroatoms. The number of benzene rings is 1. The lowest BCUT2D eigenvalue weighted by Crippen LogP contribution is -2.32. The van der Waals surface area contributed by atoms with Gasteiger partial charge < -0.3 is 10.8 Å². The number of pyridine rings is 1. The first-order chi connectivity index (χ1) is 7.68. The molecule has 0 bridgehead atoms. The Hall–Kier alpha value is -1.94. The molecule has 0 aliphatic carbocycles. The minimum atomic E-state index is -0.985. The van der Waals surface area contributed by atoms with E-state index in [2.05, 4.69) is 4.98 Å². The summed E-state index contributed by atoms with van der Waals surface area (Å²) in [6.45, 7) is 0. The van der Waals surface area contributed by atoms with E-state index in [0.29, 0.717) is 6.42 Å². The minimum Gasteiger partial charge on any atom is -0.480 e. The van der Waals surface area contributed by atoms with Gasteiger partial charge in [-0.05, 0) is 23.4 Å². The summed E-state index contributed by atoms with van der Waals surface area (Å²) in [7, 11) is 0. The van der Waals surface area contributed by atoms with Crippen molar-refractivity contribution < 1.29 is 9.90 Å². The van der Waals surface area contributed by atoms with E-state index >= 15 is 0 Å². The molecule has 1 aromatic heterocycles. The molecule has 16 heavy (non-hydrogen) atoms. The van der Waals surface area contributed by atoms with Crippen LogP contribution in [-0.4, -0.2) is 22.1 Å². The average Bonchev–Trinajstić information content (AvgIpc) is 2.29. The quantitative estimate of drug-likeness (QED) is 0.808. The summed E-state index contributed by atoms with van der Waals surface area (Å²) in [4.78, 5) is 14.7. The van der Waals surface area contributed by atoms with Crippen molar-refractivity contribution in [3.63, 3.8) is 0 Å². The van der Waals surface area contributed by atoms with E-state index in [1.54, 1.807) is 12.4 Å². The average molecular weight is 216 g/mol. The second-order valence-electron chi connectivity index (χ2n) is 3.66. The van der Waals surface area contributed by atoms with Crippen LogP contribution in [0.3, 0.4) is 0 Å². The first-order valence-electron chi connectivity index (χ1n) is 4.98. The maximum atomic E-state index is 10.7. The van der Waals surface area contributed by atoms with Crippen molar-refractivity contribution in [1.29, 1.82) is 0 Å². The molecule has 0 fully saturated rings. The molecule has 4 nitrogen and oxygen atoms in total. The Morgan fingerprint density at radius 2 is 2.25 bits per heavy atom. The van der Waals surface area contributed by atoms with E-state index < -0.39 is 12.0 Å². The molecular weight excluding hydrogens is 204 g/mol. The Bertz CT molecular complexity index is 520. The van der Waals surface area contributed by atoms with Crippen LogP contribution in [0.25, 0.3) is 10.8 Å². The second kappa shape index (κ2) is 4.28. The molecule has 0 saturated carbocycles. The highest BCUT2D eigenvalue weighted by Crippen LogP contribution is 2.18. The number of nitrogens with zero attached hydrogens (tertiary/aromatic N) is 1. The third-order valence-corrected chi connectivity index (χ3v) is 2.53. The fourth-order valence-corrected chi connectivity index (χ4v) is 1.68. The number of carboxylic acid groups (broad SMARTS) is 1. The molecule has 0 radical (unpaired) electrons. The molecule has 0 spiro atoms. The second-order valence-corrected chi connectivity index (χ2v) is 3.66. The zero-order valence-electron chi connectivity index (χ0n) is 8.63. The lowest BCUT2D eigenvalue weighted by atomic mass is 10.0. The summed E-state index contributed by atoms with van der Waals surface area (Å²) in [6.07, 6.45) is 3.76. The van der Waals surface area contributed by atoms with Crippen LogP contribution in [0.4, 0.5) is 0 Å². The van der Waals surface area contributed by atoms with Crippen LogP contribution in [0.15, 0.2) is 36.7 Å². The maximum absolute atomic E-state index is 10.7. The topological polar surface area (TPSA) is 76.2 Å². The number of hydrogen-bond donors (Lipinski definition) is 2. The van der Waals surface area contributed by atoms with Gasteiger partial charge in [-0.3, -0.25) is 9.78 Å². The van der Waals surface area contributed by atoms with Crippen molar-refractivity contribution in [3.8, 4) is 0 Å². The highest BCUT2D eigenvalue weighted by molar-refractivity contribution is 5.85. The van der Waals surface area contributed by atoms with Crippen LogP contribution in [-0.2, 0) is 11.2 Å². The summed E-state index contributed by atoms with van der Waals surface area (Å²) in [5.74, 6) is -0.985. The number of hydrogen-bond acceptors (Lipinski definition) is 3. The maximum Gasteiger partial charge on any atom is 0.320 e. The molecule has 0 aliphatic rings. The van der Waals surface area contributed by atoms with Gasteiger partial charge in [0.25, 0.3) is 0 Å². The number of aliphatic carboxylic acids is 1. The molecule has 0 saturated heterocycles. The fraction of sp³-hybridized carbons (Fsp3) is 0.167. The van der Waals surface area contributed by atoms with Gasteiger partial charge in [0, 0.05) is 17.8 Å². The van der Waals surface area contributed by atoms with Crippen LogP contribution >= 0.6 is 0 Å². The van der Waals surface area contributed by atoms with Crippen molar-refractivity contribution in [3.05, 3.63) is 42.2 Å². The van der Waals surface area contributed by atoms with Gasteiger partial charge in [0.1, 0.15) is 6.04 Å². The Morgan fingerprint density at radius 1 is 1.44 bits per heavy atom. The van der Waals surface area contributed by atoms with Gasteiger partial charge in [0.2, 0.25) is 0 Å².